The average molecular weight is 376 g/mol. The molecule has 0 aromatic heterocycles. The van der Waals surface area contributed by atoms with Crippen molar-refractivity contribution in [1.29, 1.82) is 0 Å². The summed E-state index contributed by atoms with van der Waals surface area (Å²) in [7, 11) is 0. The van der Waals surface area contributed by atoms with Gasteiger partial charge in [0.15, 0.2) is 0 Å². The fourth-order valence-corrected chi connectivity index (χ4v) is 2.95. The third-order valence-corrected chi connectivity index (χ3v) is 4.41. The van der Waals surface area contributed by atoms with E-state index in [2.05, 4.69) is 10.6 Å². The van der Waals surface area contributed by atoms with E-state index in [0.29, 0.717) is 0 Å². The van der Waals surface area contributed by atoms with Gasteiger partial charge in [-0.05, 0) is 30.2 Å². The van der Waals surface area contributed by atoms with Gasteiger partial charge in [-0.25, -0.2) is 4.39 Å². The SMILES string of the molecule is C[C@H](NC(=O)C(c1ccccc1)c1ccccc1)C(=O)Nc1ccccc1F. The van der Waals surface area contributed by atoms with Gasteiger partial charge < -0.3 is 10.6 Å². The highest BCUT2D eigenvalue weighted by atomic mass is 19.1. The zero-order valence-electron chi connectivity index (χ0n) is 15.4. The Kier molecular flexibility index (Phi) is 6.17. The Bertz CT molecular complexity index is 906. The number of hydrogen-bond acceptors (Lipinski definition) is 2. The minimum atomic E-state index is -0.831. The molecule has 0 fully saturated rings. The van der Waals surface area contributed by atoms with Crippen molar-refractivity contribution in [2.45, 2.75) is 18.9 Å². The first-order chi connectivity index (χ1) is 13.6. The predicted molar refractivity (Wildman–Crippen MR) is 107 cm³/mol. The van der Waals surface area contributed by atoms with Gasteiger partial charge in [0.2, 0.25) is 11.8 Å². The van der Waals surface area contributed by atoms with Crippen molar-refractivity contribution in [1.82, 2.24) is 5.32 Å². The number of hydrogen-bond donors (Lipinski definition) is 2. The van der Waals surface area contributed by atoms with Gasteiger partial charge in [0, 0.05) is 0 Å². The summed E-state index contributed by atoms with van der Waals surface area (Å²) in [5, 5.41) is 5.25. The number of halogens is 1. The summed E-state index contributed by atoms with van der Waals surface area (Å²) >= 11 is 0. The lowest BCUT2D eigenvalue weighted by atomic mass is 9.90. The minimum absolute atomic E-state index is 0.0799. The molecular formula is C23H21FN2O2. The Morgan fingerprint density at radius 3 is 1.79 bits per heavy atom. The molecule has 4 nitrogen and oxygen atoms in total. The van der Waals surface area contributed by atoms with Gasteiger partial charge in [-0.3, -0.25) is 9.59 Å². The van der Waals surface area contributed by atoms with Crippen LogP contribution in [0.3, 0.4) is 0 Å². The average Bonchev–Trinajstić information content (AvgIpc) is 2.71. The molecule has 3 rings (SSSR count). The van der Waals surface area contributed by atoms with Crippen LogP contribution in [0, 0.1) is 5.82 Å². The molecule has 0 spiro atoms. The standard InChI is InChI=1S/C23H21FN2O2/c1-16(22(27)26-20-15-9-8-14-19(20)24)25-23(28)21(17-10-4-2-5-11-17)18-12-6-3-7-13-18/h2-16,21H,1H3,(H,25,28)(H,26,27)/t16-/m0/s1. The van der Waals surface area contributed by atoms with Gasteiger partial charge in [0.25, 0.3) is 0 Å². The van der Waals surface area contributed by atoms with E-state index in [1.54, 1.807) is 19.1 Å². The second-order valence-electron chi connectivity index (χ2n) is 6.45. The van der Waals surface area contributed by atoms with Gasteiger partial charge in [-0.2, -0.15) is 0 Å². The van der Waals surface area contributed by atoms with Crippen LogP contribution >= 0.6 is 0 Å². The quantitative estimate of drug-likeness (QED) is 0.680. The molecule has 0 aliphatic rings. The Hall–Kier alpha value is -3.47. The van der Waals surface area contributed by atoms with Crippen molar-refractivity contribution in [2.24, 2.45) is 0 Å². The van der Waals surface area contributed by atoms with Gasteiger partial charge >= 0.3 is 0 Å². The van der Waals surface area contributed by atoms with Gasteiger partial charge in [-0.1, -0.05) is 72.8 Å². The summed E-state index contributed by atoms with van der Waals surface area (Å²) in [6, 6.07) is 23.8. The molecule has 3 aromatic rings. The maximum absolute atomic E-state index is 13.7. The number of carbonyl (C=O) groups excluding carboxylic acids is 2. The summed E-state index contributed by atoms with van der Waals surface area (Å²) in [5.41, 5.74) is 1.73. The highest BCUT2D eigenvalue weighted by Gasteiger charge is 2.26. The van der Waals surface area contributed by atoms with Crippen molar-refractivity contribution in [3.05, 3.63) is 102 Å². The monoisotopic (exact) mass is 376 g/mol. The predicted octanol–water partition coefficient (Wildman–Crippen LogP) is 4.10. The van der Waals surface area contributed by atoms with Crippen molar-refractivity contribution in [3.63, 3.8) is 0 Å². The summed E-state index contributed by atoms with van der Waals surface area (Å²) in [4.78, 5) is 25.4. The summed E-state index contributed by atoms with van der Waals surface area (Å²) in [5.74, 6) is -1.86. The van der Waals surface area contributed by atoms with Crippen LogP contribution in [-0.4, -0.2) is 17.9 Å². The topological polar surface area (TPSA) is 58.2 Å². The van der Waals surface area contributed by atoms with Crippen molar-refractivity contribution >= 4 is 17.5 Å². The van der Waals surface area contributed by atoms with Crippen LogP contribution in [0.2, 0.25) is 0 Å². The molecular weight excluding hydrogens is 355 g/mol. The Balaban J connectivity index is 1.76. The first kappa shape index (κ1) is 19.3. The van der Waals surface area contributed by atoms with Crippen LogP contribution in [0.25, 0.3) is 0 Å². The molecule has 0 bridgehead atoms. The van der Waals surface area contributed by atoms with Crippen molar-refractivity contribution < 1.29 is 14.0 Å². The molecule has 1 atom stereocenters. The van der Waals surface area contributed by atoms with E-state index in [4.69, 9.17) is 0 Å². The molecule has 2 amide bonds. The Labute approximate surface area is 163 Å². The van der Waals surface area contributed by atoms with Crippen LogP contribution < -0.4 is 10.6 Å². The van der Waals surface area contributed by atoms with E-state index in [0.717, 1.165) is 11.1 Å². The number of nitrogens with one attached hydrogen (secondary N) is 2. The fourth-order valence-electron chi connectivity index (χ4n) is 2.95. The molecule has 0 radical (unpaired) electrons. The molecule has 28 heavy (non-hydrogen) atoms. The normalized spacial score (nSPS) is 11.7. The molecule has 0 saturated carbocycles. The number of benzene rings is 3. The Morgan fingerprint density at radius 1 is 0.750 bits per heavy atom. The second kappa shape index (κ2) is 8.95. The van der Waals surface area contributed by atoms with E-state index in [1.165, 1.54) is 12.1 Å². The highest BCUT2D eigenvalue weighted by Crippen LogP contribution is 2.25. The zero-order valence-corrected chi connectivity index (χ0v) is 15.4. The smallest absolute Gasteiger partial charge is 0.246 e. The van der Waals surface area contributed by atoms with Crippen LogP contribution in [-0.2, 0) is 9.59 Å². The largest absolute Gasteiger partial charge is 0.344 e. The Morgan fingerprint density at radius 2 is 1.25 bits per heavy atom. The first-order valence-corrected chi connectivity index (χ1v) is 9.02. The summed E-state index contributed by atoms with van der Waals surface area (Å²) in [6.45, 7) is 1.57. The van der Waals surface area contributed by atoms with Crippen molar-refractivity contribution in [2.75, 3.05) is 5.32 Å². The maximum Gasteiger partial charge on any atom is 0.246 e. The molecule has 0 aliphatic heterocycles. The molecule has 0 aliphatic carbocycles. The van der Waals surface area contributed by atoms with Crippen LogP contribution in [0.15, 0.2) is 84.9 Å². The molecule has 142 valence electrons. The van der Waals surface area contributed by atoms with Gasteiger partial charge in [-0.15, -0.1) is 0 Å². The number of anilines is 1. The lowest BCUT2D eigenvalue weighted by molar-refractivity contribution is -0.126. The van der Waals surface area contributed by atoms with Crippen molar-refractivity contribution in [3.8, 4) is 0 Å². The number of rotatable bonds is 6. The maximum atomic E-state index is 13.7. The van der Waals surface area contributed by atoms with Gasteiger partial charge in [0.05, 0.1) is 11.6 Å². The van der Waals surface area contributed by atoms with E-state index < -0.39 is 23.7 Å². The van der Waals surface area contributed by atoms with E-state index in [-0.39, 0.29) is 11.6 Å². The third kappa shape index (κ3) is 4.62. The number of amides is 2. The lowest BCUT2D eigenvalue weighted by Gasteiger charge is -2.21. The minimum Gasteiger partial charge on any atom is -0.344 e. The fraction of sp³-hybridized carbons (Fsp3) is 0.130. The summed E-state index contributed by atoms with van der Waals surface area (Å²) in [6.07, 6.45) is 0. The van der Waals surface area contributed by atoms with E-state index >= 15 is 0 Å². The molecule has 0 saturated heterocycles. The van der Waals surface area contributed by atoms with Crippen LogP contribution in [0.4, 0.5) is 10.1 Å². The highest BCUT2D eigenvalue weighted by molar-refractivity contribution is 5.98. The molecule has 3 aromatic carbocycles. The first-order valence-electron chi connectivity index (χ1n) is 9.02. The third-order valence-electron chi connectivity index (χ3n) is 4.41. The summed E-state index contributed by atoms with van der Waals surface area (Å²) < 4.78 is 13.7. The number of para-hydroxylation sites is 1. The second-order valence-corrected chi connectivity index (χ2v) is 6.45. The molecule has 5 heteroatoms. The molecule has 0 unspecified atom stereocenters. The lowest BCUT2D eigenvalue weighted by Crippen LogP contribution is -2.44. The van der Waals surface area contributed by atoms with Crippen LogP contribution in [0.5, 0.6) is 0 Å². The molecule has 2 N–H and O–H groups in total. The van der Waals surface area contributed by atoms with E-state index in [1.807, 2.05) is 60.7 Å². The van der Waals surface area contributed by atoms with Gasteiger partial charge in [0.1, 0.15) is 11.9 Å². The zero-order chi connectivity index (χ0) is 19.9. The van der Waals surface area contributed by atoms with E-state index in [9.17, 15) is 14.0 Å². The van der Waals surface area contributed by atoms with Crippen LogP contribution in [0.1, 0.15) is 24.0 Å². The number of carbonyl (C=O) groups is 2. The molecule has 0 heterocycles.